The van der Waals surface area contributed by atoms with Gasteiger partial charge in [-0.15, -0.1) is 0 Å². The van der Waals surface area contributed by atoms with Crippen molar-refractivity contribution in [2.24, 2.45) is 0 Å². The van der Waals surface area contributed by atoms with Gasteiger partial charge in [0.25, 0.3) is 5.91 Å². The molecule has 8 heteroatoms. The Kier molecular flexibility index (Phi) is 5.43. The van der Waals surface area contributed by atoms with Crippen molar-refractivity contribution in [3.05, 3.63) is 54.0 Å². The zero-order valence-electron chi connectivity index (χ0n) is 14.5. The smallest absolute Gasteiger partial charge is 0.325 e. The normalized spacial score (nSPS) is 16.1. The molecule has 2 N–H and O–H groups in total. The van der Waals surface area contributed by atoms with Crippen molar-refractivity contribution in [3.63, 3.8) is 0 Å². The Hall–Kier alpha value is -3.00. The maximum atomic E-state index is 11.9. The van der Waals surface area contributed by atoms with Gasteiger partial charge in [-0.1, -0.05) is 12.1 Å². The van der Waals surface area contributed by atoms with Gasteiger partial charge in [0, 0.05) is 51.2 Å². The molecule has 2 aromatic rings. The lowest BCUT2D eigenvalue weighted by Gasteiger charge is -2.38. The Morgan fingerprint density at radius 3 is 2.58 bits per heavy atom. The summed E-state index contributed by atoms with van der Waals surface area (Å²) in [7, 11) is 1.55. The first-order valence-corrected chi connectivity index (χ1v) is 8.40. The third kappa shape index (κ3) is 3.80. The molecule has 2 heterocycles. The number of carboxylic acid groups (broad SMARTS) is 1. The summed E-state index contributed by atoms with van der Waals surface area (Å²) < 4.78 is 0. The molecule has 1 saturated heterocycles. The van der Waals surface area contributed by atoms with Crippen LogP contribution in [0.5, 0.6) is 0 Å². The van der Waals surface area contributed by atoms with Gasteiger partial charge in [-0.25, -0.2) is 4.98 Å². The second kappa shape index (κ2) is 7.92. The Labute approximate surface area is 151 Å². The van der Waals surface area contributed by atoms with Gasteiger partial charge < -0.3 is 15.3 Å². The first-order chi connectivity index (χ1) is 12.6. The highest BCUT2D eigenvalue weighted by atomic mass is 16.4. The minimum absolute atomic E-state index is 0.233. The molecule has 1 atom stereocenters. The Bertz CT molecular complexity index is 775. The molecule has 1 aliphatic rings. The lowest BCUT2D eigenvalue weighted by Crippen LogP contribution is -2.49. The summed E-state index contributed by atoms with van der Waals surface area (Å²) in [5, 5.41) is 12.3. The van der Waals surface area contributed by atoms with Crippen LogP contribution in [-0.2, 0) is 4.79 Å². The Morgan fingerprint density at radius 1 is 1.19 bits per heavy atom. The summed E-state index contributed by atoms with van der Waals surface area (Å²) in [5.41, 5.74) is 1.06. The van der Waals surface area contributed by atoms with E-state index in [1.165, 1.54) is 0 Å². The summed E-state index contributed by atoms with van der Waals surface area (Å²) in [5.74, 6) is -0.365. The number of carbonyl (C=O) groups excluding carboxylic acids is 1. The van der Waals surface area contributed by atoms with Crippen molar-refractivity contribution in [1.29, 1.82) is 0 Å². The number of benzene rings is 1. The van der Waals surface area contributed by atoms with Crippen molar-refractivity contribution in [2.75, 3.05) is 38.1 Å². The summed E-state index contributed by atoms with van der Waals surface area (Å²) in [6.07, 6.45) is 4.98. The molecule has 0 unspecified atom stereocenters. The van der Waals surface area contributed by atoms with Crippen LogP contribution in [0.2, 0.25) is 0 Å². The van der Waals surface area contributed by atoms with Crippen molar-refractivity contribution in [2.45, 2.75) is 6.04 Å². The van der Waals surface area contributed by atoms with Crippen LogP contribution in [-0.4, -0.2) is 65.1 Å². The largest absolute Gasteiger partial charge is 0.480 e. The van der Waals surface area contributed by atoms with E-state index in [-0.39, 0.29) is 5.91 Å². The number of carbonyl (C=O) groups is 2. The van der Waals surface area contributed by atoms with Crippen molar-refractivity contribution < 1.29 is 14.7 Å². The number of nitrogens with one attached hydrogen (secondary N) is 1. The highest BCUT2D eigenvalue weighted by molar-refractivity contribution is 5.94. The van der Waals surface area contributed by atoms with Gasteiger partial charge >= 0.3 is 5.97 Å². The van der Waals surface area contributed by atoms with Crippen LogP contribution in [0.3, 0.4) is 0 Å². The van der Waals surface area contributed by atoms with Crippen LogP contribution in [0.15, 0.2) is 42.9 Å². The number of amides is 1. The molecular formula is C18H21N5O3. The van der Waals surface area contributed by atoms with Crippen LogP contribution in [0.25, 0.3) is 0 Å². The second-order valence-corrected chi connectivity index (χ2v) is 6.03. The molecule has 8 nitrogen and oxygen atoms in total. The van der Waals surface area contributed by atoms with E-state index < -0.39 is 12.0 Å². The molecular weight excluding hydrogens is 334 g/mol. The monoisotopic (exact) mass is 355 g/mol. The maximum Gasteiger partial charge on any atom is 0.325 e. The SMILES string of the molecule is CNC(=O)c1cccc([C@H](C(=O)O)N2CCN(c3cnccn3)CC2)c1. The molecule has 0 saturated carbocycles. The van der Waals surface area contributed by atoms with Gasteiger partial charge in [-0.2, -0.15) is 0 Å². The average Bonchev–Trinajstić information content (AvgIpc) is 2.69. The number of aromatic nitrogens is 2. The van der Waals surface area contributed by atoms with Gasteiger partial charge in [0.2, 0.25) is 0 Å². The lowest BCUT2D eigenvalue weighted by atomic mass is 10.0. The minimum Gasteiger partial charge on any atom is -0.480 e. The van der Waals surface area contributed by atoms with Crippen LogP contribution >= 0.6 is 0 Å². The Balaban J connectivity index is 1.76. The highest BCUT2D eigenvalue weighted by Crippen LogP contribution is 2.24. The summed E-state index contributed by atoms with van der Waals surface area (Å²) in [6, 6.07) is 6.00. The van der Waals surface area contributed by atoms with E-state index in [0.717, 1.165) is 5.82 Å². The van der Waals surface area contributed by atoms with E-state index in [4.69, 9.17) is 0 Å². The molecule has 0 radical (unpaired) electrons. The first-order valence-electron chi connectivity index (χ1n) is 8.40. The Morgan fingerprint density at radius 2 is 1.96 bits per heavy atom. The highest BCUT2D eigenvalue weighted by Gasteiger charge is 2.31. The summed E-state index contributed by atoms with van der Waals surface area (Å²) in [6.45, 7) is 2.49. The molecule has 0 bridgehead atoms. The quantitative estimate of drug-likeness (QED) is 0.818. The van der Waals surface area contributed by atoms with E-state index in [1.807, 2.05) is 4.90 Å². The number of carboxylic acids is 1. The zero-order chi connectivity index (χ0) is 18.5. The number of nitrogens with zero attached hydrogens (tertiary/aromatic N) is 4. The van der Waals surface area contributed by atoms with Crippen molar-refractivity contribution in [1.82, 2.24) is 20.2 Å². The molecule has 1 aliphatic heterocycles. The minimum atomic E-state index is -0.924. The molecule has 0 spiro atoms. The van der Waals surface area contributed by atoms with Crippen molar-refractivity contribution in [3.8, 4) is 0 Å². The predicted octanol–water partition coefficient (Wildman–Crippen LogP) is 0.784. The zero-order valence-corrected chi connectivity index (χ0v) is 14.5. The third-order valence-electron chi connectivity index (χ3n) is 4.48. The van der Waals surface area contributed by atoms with Gasteiger partial charge in [0.15, 0.2) is 0 Å². The number of anilines is 1. The van der Waals surface area contributed by atoms with Crippen LogP contribution in [0.4, 0.5) is 5.82 Å². The predicted molar refractivity (Wildman–Crippen MR) is 96.0 cm³/mol. The molecule has 1 aromatic carbocycles. The number of hydrogen-bond acceptors (Lipinski definition) is 6. The molecule has 1 aromatic heterocycles. The fourth-order valence-corrected chi connectivity index (χ4v) is 3.17. The number of aliphatic carboxylic acids is 1. The van der Waals surface area contributed by atoms with E-state index in [2.05, 4.69) is 20.2 Å². The molecule has 0 aliphatic carbocycles. The van der Waals surface area contributed by atoms with E-state index in [0.29, 0.717) is 37.3 Å². The van der Waals surface area contributed by atoms with Crippen LogP contribution in [0.1, 0.15) is 22.0 Å². The lowest BCUT2D eigenvalue weighted by molar-refractivity contribution is -0.143. The van der Waals surface area contributed by atoms with Crippen molar-refractivity contribution >= 4 is 17.7 Å². The van der Waals surface area contributed by atoms with E-state index in [9.17, 15) is 14.7 Å². The summed E-state index contributed by atoms with van der Waals surface area (Å²) >= 11 is 0. The standard InChI is InChI=1S/C18H21N5O3/c1-19-17(24)14-4-2-3-13(11-14)16(18(25)26)23-9-7-22(8-10-23)15-12-20-5-6-21-15/h2-6,11-12,16H,7-10H2,1H3,(H,19,24)(H,25,26)/t16-/m1/s1. The molecule has 26 heavy (non-hydrogen) atoms. The molecule has 136 valence electrons. The second-order valence-electron chi connectivity index (χ2n) is 6.03. The van der Waals surface area contributed by atoms with Gasteiger partial charge in [0.1, 0.15) is 11.9 Å². The fourth-order valence-electron chi connectivity index (χ4n) is 3.17. The third-order valence-corrected chi connectivity index (χ3v) is 4.48. The molecule has 1 fully saturated rings. The number of hydrogen-bond donors (Lipinski definition) is 2. The van der Waals surface area contributed by atoms with Gasteiger partial charge in [-0.05, 0) is 17.7 Å². The van der Waals surface area contributed by atoms with Gasteiger partial charge in [-0.3, -0.25) is 19.5 Å². The number of rotatable bonds is 5. The van der Waals surface area contributed by atoms with Crippen LogP contribution in [0, 0.1) is 0 Å². The topological polar surface area (TPSA) is 98.7 Å². The average molecular weight is 355 g/mol. The van der Waals surface area contributed by atoms with Crippen LogP contribution < -0.4 is 10.2 Å². The number of piperazine rings is 1. The van der Waals surface area contributed by atoms with Gasteiger partial charge in [0.05, 0.1) is 6.20 Å². The maximum absolute atomic E-state index is 11.9. The fraction of sp³-hybridized carbons (Fsp3) is 0.333. The first kappa shape index (κ1) is 17.8. The molecule has 1 amide bonds. The summed E-state index contributed by atoms with van der Waals surface area (Å²) in [4.78, 5) is 36.1. The molecule has 3 rings (SSSR count). The van der Waals surface area contributed by atoms with E-state index in [1.54, 1.807) is 49.9 Å². The van der Waals surface area contributed by atoms with E-state index >= 15 is 0 Å².